The van der Waals surface area contributed by atoms with E-state index in [0.717, 1.165) is 41.7 Å². The molecule has 0 aromatic carbocycles. The lowest BCUT2D eigenvalue weighted by Crippen LogP contribution is -2.28. The Morgan fingerprint density at radius 1 is 1.33 bits per heavy atom. The summed E-state index contributed by atoms with van der Waals surface area (Å²) >= 11 is 0. The Morgan fingerprint density at radius 3 is 2.71 bits per heavy atom. The van der Waals surface area contributed by atoms with E-state index in [1.165, 1.54) is 0 Å². The standard InChI is InChI=1S/C15H21N5O/c1-9-7-16-14(17-9)8-20(3)15-6-13(18-10(2)19-15)11-4-12(21)5-11/h6-7,11-12,21H,4-5,8H2,1-3H3,(H,16,17). The first-order valence-corrected chi connectivity index (χ1v) is 7.26. The summed E-state index contributed by atoms with van der Waals surface area (Å²) in [6.45, 7) is 4.58. The van der Waals surface area contributed by atoms with Crippen LogP contribution in [0.2, 0.25) is 0 Å². The number of hydrogen-bond acceptors (Lipinski definition) is 5. The number of nitrogens with one attached hydrogen (secondary N) is 1. The molecule has 0 saturated heterocycles. The van der Waals surface area contributed by atoms with Gasteiger partial charge in [0.25, 0.3) is 0 Å². The molecule has 6 heteroatoms. The van der Waals surface area contributed by atoms with Gasteiger partial charge in [-0.3, -0.25) is 0 Å². The lowest BCUT2D eigenvalue weighted by molar-refractivity contribution is 0.0731. The molecule has 2 heterocycles. The van der Waals surface area contributed by atoms with Crippen molar-refractivity contribution in [2.45, 2.75) is 45.3 Å². The molecule has 0 unspecified atom stereocenters. The molecule has 6 nitrogen and oxygen atoms in total. The van der Waals surface area contributed by atoms with Crippen molar-refractivity contribution in [1.29, 1.82) is 0 Å². The van der Waals surface area contributed by atoms with Crippen LogP contribution in [0.4, 0.5) is 5.82 Å². The molecule has 1 saturated carbocycles. The molecule has 0 aliphatic heterocycles. The minimum Gasteiger partial charge on any atom is -0.393 e. The number of hydrogen-bond donors (Lipinski definition) is 2. The third-order valence-corrected chi connectivity index (χ3v) is 3.91. The minimum atomic E-state index is -0.169. The molecule has 1 aliphatic rings. The number of H-pyrrole nitrogens is 1. The highest BCUT2D eigenvalue weighted by Gasteiger charge is 2.30. The second kappa shape index (κ2) is 5.44. The average Bonchev–Trinajstić information content (AvgIpc) is 2.79. The number of aryl methyl sites for hydroxylation is 2. The lowest BCUT2D eigenvalue weighted by Gasteiger charge is -2.31. The highest BCUT2D eigenvalue weighted by atomic mass is 16.3. The van der Waals surface area contributed by atoms with E-state index in [-0.39, 0.29) is 6.10 Å². The first-order chi connectivity index (χ1) is 10.0. The summed E-state index contributed by atoms with van der Waals surface area (Å²) < 4.78 is 0. The van der Waals surface area contributed by atoms with Crippen LogP contribution in [0.1, 0.15) is 41.8 Å². The van der Waals surface area contributed by atoms with E-state index >= 15 is 0 Å². The molecular formula is C15H21N5O. The summed E-state index contributed by atoms with van der Waals surface area (Å²) in [7, 11) is 2.00. The summed E-state index contributed by atoms with van der Waals surface area (Å²) in [4.78, 5) is 18.6. The van der Waals surface area contributed by atoms with Crippen molar-refractivity contribution in [3.63, 3.8) is 0 Å². The minimum absolute atomic E-state index is 0.169. The summed E-state index contributed by atoms with van der Waals surface area (Å²) in [6, 6.07) is 2.03. The van der Waals surface area contributed by atoms with Crippen LogP contribution in [0, 0.1) is 13.8 Å². The number of aromatic nitrogens is 4. The number of aliphatic hydroxyl groups is 1. The fourth-order valence-electron chi connectivity index (χ4n) is 2.66. The monoisotopic (exact) mass is 287 g/mol. The molecule has 3 rings (SSSR count). The predicted molar refractivity (Wildman–Crippen MR) is 80.2 cm³/mol. The molecule has 1 aliphatic carbocycles. The highest BCUT2D eigenvalue weighted by molar-refractivity contribution is 5.40. The van der Waals surface area contributed by atoms with Gasteiger partial charge in [0, 0.05) is 36.6 Å². The van der Waals surface area contributed by atoms with Gasteiger partial charge in [-0.25, -0.2) is 15.0 Å². The van der Waals surface area contributed by atoms with E-state index in [2.05, 4.69) is 24.8 Å². The molecule has 0 amide bonds. The predicted octanol–water partition coefficient (Wildman–Crippen LogP) is 1.69. The first-order valence-electron chi connectivity index (χ1n) is 7.26. The van der Waals surface area contributed by atoms with Gasteiger partial charge in [0.05, 0.1) is 12.6 Å². The van der Waals surface area contributed by atoms with E-state index < -0.39 is 0 Å². The van der Waals surface area contributed by atoms with Crippen LogP contribution in [0.15, 0.2) is 12.3 Å². The Bertz CT molecular complexity index is 633. The molecule has 0 spiro atoms. The normalized spacial score (nSPS) is 21.1. The fourth-order valence-corrected chi connectivity index (χ4v) is 2.66. The van der Waals surface area contributed by atoms with Crippen LogP contribution >= 0.6 is 0 Å². The number of aliphatic hydroxyl groups excluding tert-OH is 1. The summed E-state index contributed by atoms with van der Waals surface area (Å²) in [5.74, 6) is 2.95. The Balaban J connectivity index is 1.77. The quantitative estimate of drug-likeness (QED) is 0.894. The molecule has 112 valence electrons. The zero-order valence-electron chi connectivity index (χ0n) is 12.7. The number of anilines is 1. The van der Waals surface area contributed by atoms with E-state index in [1.54, 1.807) is 0 Å². The van der Waals surface area contributed by atoms with Gasteiger partial charge in [-0.15, -0.1) is 0 Å². The van der Waals surface area contributed by atoms with E-state index in [1.807, 2.05) is 33.2 Å². The summed E-state index contributed by atoms with van der Waals surface area (Å²) in [6.07, 6.45) is 3.27. The van der Waals surface area contributed by atoms with Crippen LogP contribution < -0.4 is 4.90 Å². The first kappa shape index (κ1) is 14.0. The molecular weight excluding hydrogens is 266 g/mol. The number of imidazole rings is 1. The Hall–Kier alpha value is -1.95. The highest BCUT2D eigenvalue weighted by Crippen LogP contribution is 2.36. The molecule has 0 radical (unpaired) electrons. The average molecular weight is 287 g/mol. The van der Waals surface area contributed by atoms with Crippen molar-refractivity contribution in [2.24, 2.45) is 0 Å². The second-order valence-corrected chi connectivity index (χ2v) is 5.89. The zero-order chi connectivity index (χ0) is 15.0. The van der Waals surface area contributed by atoms with E-state index in [0.29, 0.717) is 12.5 Å². The Kier molecular flexibility index (Phi) is 3.63. The summed E-state index contributed by atoms with van der Waals surface area (Å²) in [5, 5.41) is 9.46. The van der Waals surface area contributed by atoms with Crippen molar-refractivity contribution in [2.75, 3.05) is 11.9 Å². The third kappa shape index (κ3) is 3.05. The van der Waals surface area contributed by atoms with Gasteiger partial charge in [0.15, 0.2) is 0 Å². The molecule has 2 N–H and O–H groups in total. The molecule has 2 aromatic rings. The maximum atomic E-state index is 9.46. The fraction of sp³-hybridized carbons (Fsp3) is 0.533. The Morgan fingerprint density at radius 2 is 2.10 bits per heavy atom. The zero-order valence-corrected chi connectivity index (χ0v) is 12.7. The molecule has 2 aromatic heterocycles. The number of aromatic amines is 1. The van der Waals surface area contributed by atoms with Gasteiger partial charge in [0.2, 0.25) is 0 Å². The van der Waals surface area contributed by atoms with Crippen molar-refractivity contribution in [1.82, 2.24) is 19.9 Å². The number of rotatable bonds is 4. The van der Waals surface area contributed by atoms with Crippen LogP contribution in [-0.2, 0) is 6.54 Å². The molecule has 1 fully saturated rings. The van der Waals surface area contributed by atoms with Gasteiger partial charge in [-0.05, 0) is 26.7 Å². The van der Waals surface area contributed by atoms with Gasteiger partial charge in [-0.2, -0.15) is 0 Å². The maximum Gasteiger partial charge on any atom is 0.132 e. The largest absolute Gasteiger partial charge is 0.393 e. The van der Waals surface area contributed by atoms with Gasteiger partial charge >= 0.3 is 0 Å². The van der Waals surface area contributed by atoms with E-state index in [4.69, 9.17) is 0 Å². The van der Waals surface area contributed by atoms with Crippen LogP contribution in [0.5, 0.6) is 0 Å². The summed E-state index contributed by atoms with van der Waals surface area (Å²) in [5.41, 5.74) is 2.09. The maximum absolute atomic E-state index is 9.46. The van der Waals surface area contributed by atoms with Crippen molar-refractivity contribution in [3.8, 4) is 0 Å². The van der Waals surface area contributed by atoms with E-state index in [9.17, 15) is 5.11 Å². The van der Waals surface area contributed by atoms with Gasteiger partial charge in [-0.1, -0.05) is 0 Å². The molecule has 0 bridgehead atoms. The Labute approximate surface area is 124 Å². The van der Waals surface area contributed by atoms with Crippen LogP contribution in [0.3, 0.4) is 0 Å². The molecule has 0 atom stereocenters. The topological polar surface area (TPSA) is 77.9 Å². The van der Waals surface area contributed by atoms with Gasteiger partial charge < -0.3 is 15.0 Å². The van der Waals surface area contributed by atoms with Crippen molar-refractivity contribution in [3.05, 3.63) is 35.3 Å². The van der Waals surface area contributed by atoms with Crippen molar-refractivity contribution >= 4 is 5.82 Å². The smallest absolute Gasteiger partial charge is 0.132 e. The van der Waals surface area contributed by atoms with Crippen LogP contribution in [-0.4, -0.2) is 38.2 Å². The lowest BCUT2D eigenvalue weighted by atomic mass is 9.80. The molecule has 21 heavy (non-hydrogen) atoms. The van der Waals surface area contributed by atoms with Gasteiger partial charge in [0.1, 0.15) is 17.5 Å². The van der Waals surface area contributed by atoms with Crippen molar-refractivity contribution < 1.29 is 5.11 Å². The second-order valence-electron chi connectivity index (χ2n) is 5.89. The van der Waals surface area contributed by atoms with Crippen LogP contribution in [0.25, 0.3) is 0 Å². The SMILES string of the molecule is Cc1nc(C2CC(O)C2)cc(N(C)Cc2ncc(C)[nH]2)n1. The third-order valence-electron chi connectivity index (χ3n) is 3.91. The number of nitrogens with zero attached hydrogens (tertiary/aromatic N) is 4.